The van der Waals surface area contributed by atoms with E-state index in [2.05, 4.69) is 35.6 Å². The summed E-state index contributed by atoms with van der Waals surface area (Å²) in [5.41, 5.74) is 5.75. The number of fused-ring (bicyclic) bond motifs is 1. The molecule has 0 radical (unpaired) electrons. The number of aryl methyl sites for hydroxylation is 2. The summed E-state index contributed by atoms with van der Waals surface area (Å²) in [6, 6.07) is 5.30. The van der Waals surface area contributed by atoms with Gasteiger partial charge in [-0.2, -0.15) is 10.1 Å². The smallest absolute Gasteiger partial charge is 0.337 e. The van der Waals surface area contributed by atoms with Gasteiger partial charge < -0.3 is 9.26 Å². The fourth-order valence-electron chi connectivity index (χ4n) is 4.02. The van der Waals surface area contributed by atoms with E-state index in [1.165, 1.54) is 18.4 Å². The van der Waals surface area contributed by atoms with E-state index in [9.17, 15) is 4.79 Å². The molecule has 3 aromatic rings. The third kappa shape index (κ3) is 3.45. The monoisotopic (exact) mass is 394 g/mol. The zero-order chi connectivity index (χ0) is 20.8. The van der Waals surface area contributed by atoms with E-state index < -0.39 is 0 Å². The van der Waals surface area contributed by atoms with Gasteiger partial charge >= 0.3 is 5.97 Å². The summed E-state index contributed by atoms with van der Waals surface area (Å²) < 4.78 is 12.4. The van der Waals surface area contributed by atoms with Crippen LogP contribution in [0.25, 0.3) is 23.0 Å². The highest BCUT2D eigenvalue weighted by atomic mass is 16.5. The summed E-state index contributed by atoms with van der Waals surface area (Å²) in [4.78, 5) is 16.4. The Labute approximate surface area is 170 Å². The molecule has 152 valence electrons. The van der Waals surface area contributed by atoms with E-state index in [4.69, 9.17) is 14.4 Å². The van der Waals surface area contributed by atoms with Crippen LogP contribution in [0.5, 0.6) is 0 Å². The maximum absolute atomic E-state index is 11.7. The molecule has 0 amide bonds. The third-order valence-electron chi connectivity index (χ3n) is 5.68. The maximum atomic E-state index is 11.7. The largest absolute Gasteiger partial charge is 0.465 e. The van der Waals surface area contributed by atoms with Crippen LogP contribution in [-0.2, 0) is 24.1 Å². The van der Waals surface area contributed by atoms with Crippen LogP contribution in [-0.4, -0.2) is 33.0 Å². The van der Waals surface area contributed by atoms with Crippen LogP contribution in [0.1, 0.15) is 54.4 Å². The van der Waals surface area contributed by atoms with Crippen molar-refractivity contribution in [2.45, 2.75) is 53.5 Å². The minimum absolute atomic E-state index is 0.274. The average Bonchev–Trinajstić information content (AvgIpc) is 3.30. The second kappa shape index (κ2) is 7.13. The summed E-state index contributed by atoms with van der Waals surface area (Å²) in [5.74, 6) is 0.567. The molecule has 1 aromatic carbocycles. The molecule has 0 spiro atoms. The van der Waals surface area contributed by atoms with Crippen molar-refractivity contribution < 1.29 is 14.1 Å². The fourth-order valence-corrected chi connectivity index (χ4v) is 4.02. The molecule has 0 aliphatic heterocycles. The summed E-state index contributed by atoms with van der Waals surface area (Å²) in [5, 5.41) is 8.96. The van der Waals surface area contributed by atoms with Gasteiger partial charge in [-0.05, 0) is 62.3 Å². The van der Waals surface area contributed by atoms with Gasteiger partial charge in [0.15, 0.2) is 5.69 Å². The van der Waals surface area contributed by atoms with Crippen molar-refractivity contribution in [3.63, 3.8) is 0 Å². The van der Waals surface area contributed by atoms with E-state index in [0.29, 0.717) is 17.3 Å². The Bertz CT molecular complexity index is 1080. The Kier molecular flexibility index (Phi) is 4.76. The Morgan fingerprint density at radius 2 is 2.14 bits per heavy atom. The molecule has 0 atom stereocenters. The molecule has 0 fully saturated rings. The van der Waals surface area contributed by atoms with Gasteiger partial charge in [-0.15, -0.1) is 0 Å². The van der Waals surface area contributed by atoms with Crippen LogP contribution in [0.15, 0.2) is 22.7 Å². The molecule has 0 saturated heterocycles. The van der Waals surface area contributed by atoms with Crippen molar-refractivity contribution in [1.82, 2.24) is 19.9 Å². The average molecular weight is 394 g/mol. The number of hydrogen-bond acceptors (Lipinski definition) is 6. The van der Waals surface area contributed by atoms with Crippen LogP contribution in [0.4, 0.5) is 0 Å². The second-order valence-corrected chi connectivity index (χ2v) is 8.38. The highest BCUT2D eigenvalue weighted by molar-refractivity contribution is 5.90. The normalized spacial score (nSPS) is 15.2. The molecule has 7 heteroatoms. The number of benzene rings is 1. The molecule has 29 heavy (non-hydrogen) atoms. The van der Waals surface area contributed by atoms with E-state index in [1.54, 1.807) is 12.1 Å². The number of carbonyl (C=O) groups excluding carboxylic acids is 1. The van der Waals surface area contributed by atoms with Gasteiger partial charge in [0, 0.05) is 23.4 Å². The van der Waals surface area contributed by atoms with Gasteiger partial charge in [0.25, 0.3) is 5.89 Å². The predicted octanol–water partition coefficient (Wildman–Crippen LogP) is 4.23. The number of methoxy groups -OCH3 is 1. The SMILES string of the molecule is CCn1nc(-c2nc(-c3ccc(C(=O)OC)cc3C)no2)c2c1CC(C)(C)CC2. The Morgan fingerprint density at radius 1 is 1.34 bits per heavy atom. The highest BCUT2D eigenvalue weighted by Crippen LogP contribution is 2.39. The number of ether oxygens (including phenoxy) is 1. The molecule has 7 nitrogen and oxygen atoms in total. The van der Waals surface area contributed by atoms with E-state index in [-0.39, 0.29) is 11.4 Å². The number of rotatable bonds is 4. The first-order chi connectivity index (χ1) is 13.8. The van der Waals surface area contributed by atoms with Crippen LogP contribution in [0.3, 0.4) is 0 Å². The van der Waals surface area contributed by atoms with Crippen molar-refractivity contribution in [3.05, 3.63) is 40.6 Å². The standard InChI is InChI=1S/C22H26N4O3/c1-6-26-17-12-22(3,4)10-9-16(17)18(24-26)20-23-19(25-29-20)15-8-7-14(11-13(15)2)21(27)28-5/h7-8,11H,6,9-10,12H2,1-5H3. The maximum Gasteiger partial charge on any atom is 0.337 e. The van der Waals surface area contributed by atoms with Crippen molar-refractivity contribution in [2.75, 3.05) is 7.11 Å². The molecule has 1 aliphatic rings. The van der Waals surface area contributed by atoms with Gasteiger partial charge in [0.2, 0.25) is 5.82 Å². The van der Waals surface area contributed by atoms with Gasteiger partial charge in [-0.3, -0.25) is 4.68 Å². The number of carbonyl (C=O) groups is 1. The lowest BCUT2D eigenvalue weighted by atomic mass is 9.76. The topological polar surface area (TPSA) is 83.0 Å². The first-order valence-electron chi connectivity index (χ1n) is 9.95. The molecule has 0 N–H and O–H groups in total. The number of nitrogens with zero attached hydrogens (tertiary/aromatic N) is 4. The molecule has 0 unspecified atom stereocenters. The Hall–Kier alpha value is -2.96. The van der Waals surface area contributed by atoms with E-state index in [0.717, 1.165) is 42.6 Å². The van der Waals surface area contributed by atoms with E-state index in [1.807, 2.05) is 13.0 Å². The zero-order valence-corrected chi connectivity index (χ0v) is 17.6. The van der Waals surface area contributed by atoms with Gasteiger partial charge in [-0.25, -0.2) is 4.79 Å². The lowest BCUT2D eigenvalue weighted by Crippen LogP contribution is -2.24. The lowest BCUT2D eigenvalue weighted by molar-refractivity contribution is 0.0600. The van der Waals surface area contributed by atoms with Gasteiger partial charge in [-0.1, -0.05) is 19.0 Å². The van der Waals surface area contributed by atoms with Crippen LogP contribution in [0, 0.1) is 12.3 Å². The van der Waals surface area contributed by atoms with Crippen molar-refractivity contribution in [3.8, 4) is 23.0 Å². The van der Waals surface area contributed by atoms with Crippen LogP contribution < -0.4 is 0 Å². The molecule has 2 aromatic heterocycles. The Balaban J connectivity index is 1.71. The van der Waals surface area contributed by atoms with E-state index >= 15 is 0 Å². The lowest BCUT2D eigenvalue weighted by Gasteiger charge is -2.30. The minimum Gasteiger partial charge on any atom is -0.465 e. The fraction of sp³-hybridized carbons (Fsp3) is 0.455. The van der Waals surface area contributed by atoms with Gasteiger partial charge in [0.05, 0.1) is 12.7 Å². The molecule has 2 heterocycles. The molecule has 0 saturated carbocycles. The quantitative estimate of drug-likeness (QED) is 0.616. The molecular weight excluding hydrogens is 368 g/mol. The predicted molar refractivity (Wildman–Crippen MR) is 109 cm³/mol. The third-order valence-corrected chi connectivity index (χ3v) is 5.68. The number of hydrogen-bond donors (Lipinski definition) is 0. The van der Waals surface area contributed by atoms with Crippen molar-refractivity contribution >= 4 is 5.97 Å². The molecular formula is C22H26N4O3. The minimum atomic E-state index is -0.367. The number of aromatic nitrogens is 4. The summed E-state index contributed by atoms with van der Waals surface area (Å²) >= 11 is 0. The summed E-state index contributed by atoms with van der Waals surface area (Å²) in [6.45, 7) is 9.42. The number of esters is 1. The van der Waals surface area contributed by atoms with Crippen molar-refractivity contribution in [2.24, 2.45) is 5.41 Å². The van der Waals surface area contributed by atoms with Crippen LogP contribution in [0.2, 0.25) is 0 Å². The summed E-state index contributed by atoms with van der Waals surface area (Å²) in [7, 11) is 1.37. The van der Waals surface area contributed by atoms with Crippen LogP contribution >= 0.6 is 0 Å². The summed E-state index contributed by atoms with van der Waals surface area (Å²) in [6.07, 6.45) is 3.07. The zero-order valence-electron chi connectivity index (χ0n) is 17.6. The second-order valence-electron chi connectivity index (χ2n) is 8.38. The molecule has 0 bridgehead atoms. The van der Waals surface area contributed by atoms with Crippen molar-refractivity contribution in [1.29, 1.82) is 0 Å². The van der Waals surface area contributed by atoms with Gasteiger partial charge in [0.1, 0.15) is 0 Å². The molecule has 1 aliphatic carbocycles. The Morgan fingerprint density at radius 3 is 2.83 bits per heavy atom. The highest BCUT2D eigenvalue weighted by Gasteiger charge is 2.32. The first-order valence-corrected chi connectivity index (χ1v) is 9.95. The first kappa shape index (κ1) is 19.4. The molecule has 4 rings (SSSR count).